The number of amides is 1. The third kappa shape index (κ3) is 4.43. The van der Waals surface area contributed by atoms with Crippen molar-refractivity contribution in [2.75, 3.05) is 32.0 Å². The highest BCUT2D eigenvalue weighted by Gasteiger charge is 2.55. The Morgan fingerprint density at radius 3 is 2.53 bits per heavy atom. The maximum absolute atomic E-state index is 12.8. The second-order valence-electron chi connectivity index (χ2n) is 8.46. The van der Waals surface area contributed by atoms with Gasteiger partial charge in [0.05, 0.1) is 12.2 Å². The van der Waals surface area contributed by atoms with Gasteiger partial charge in [0, 0.05) is 43.3 Å². The maximum atomic E-state index is 12.8. The van der Waals surface area contributed by atoms with Crippen LogP contribution in [0.3, 0.4) is 0 Å². The summed E-state index contributed by atoms with van der Waals surface area (Å²) in [4.78, 5) is 33.2. The molecule has 0 aromatic heterocycles. The number of fused-ring (bicyclic) bond motifs is 2. The zero-order chi connectivity index (χ0) is 22.0. The van der Waals surface area contributed by atoms with Crippen LogP contribution in [-0.2, 0) is 22.4 Å². The molecule has 0 spiro atoms. The van der Waals surface area contributed by atoms with E-state index in [4.69, 9.17) is 25.2 Å². The van der Waals surface area contributed by atoms with Crippen molar-refractivity contribution in [3.63, 3.8) is 0 Å². The van der Waals surface area contributed by atoms with Crippen molar-refractivity contribution in [2.24, 2.45) is 17.8 Å². The molecule has 1 saturated carbocycles. The van der Waals surface area contributed by atoms with E-state index in [9.17, 15) is 4.79 Å². The highest BCUT2D eigenvalue weighted by atomic mass is 16.5. The standard InChI is InChI=1S/C20H29N3O2.C2H2O3/c1-4-12-7-14(19-13(18(12)21)5-6-25-19)20(24)22-8-15-16-9-23(11(2)3)10-17(15)16;3-1-2(4)5/h7,11,15-17H,4-6,8-10,21H2,1-3H3,(H,22,24);1H,(H,4,5). The Balaban J connectivity index is 0.000000461. The van der Waals surface area contributed by atoms with Crippen molar-refractivity contribution in [1.82, 2.24) is 10.2 Å². The number of nitrogens with zero attached hydrogens (tertiary/aromatic N) is 1. The normalized spacial score (nSPS) is 23.7. The number of nitrogens with one attached hydrogen (secondary N) is 1. The van der Waals surface area contributed by atoms with Crippen molar-refractivity contribution >= 4 is 23.9 Å². The van der Waals surface area contributed by atoms with Crippen LogP contribution >= 0.6 is 0 Å². The maximum Gasteiger partial charge on any atom is 0.368 e. The quantitative estimate of drug-likeness (QED) is 0.363. The van der Waals surface area contributed by atoms with Crippen LogP contribution in [0.4, 0.5) is 5.69 Å². The molecule has 1 amide bonds. The second kappa shape index (κ2) is 9.04. The van der Waals surface area contributed by atoms with Gasteiger partial charge in [-0.1, -0.05) is 6.92 Å². The van der Waals surface area contributed by atoms with Crippen molar-refractivity contribution in [2.45, 2.75) is 39.7 Å². The third-order valence-corrected chi connectivity index (χ3v) is 6.46. The zero-order valence-electron chi connectivity index (χ0n) is 17.8. The van der Waals surface area contributed by atoms with E-state index >= 15 is 0 Å². The minimum atomic E-state index is -1.43. The van der Waals surface area contributed by atoms with Gasteiger partial charge < -0.3 is 25.8 Å². The molecule has 2 unspecified atom stereocenters. The van der Waals surface area contributed by atoms with E-state index < -0.39 is 5.97 Å². The van der Waals surface area contributed by atoms with Crippen LogP contribution in [0.2, 0.25) is 0 Å². The SMILES string of the molecule is CCc1cc(C(=O)NCC2C3CN(C(C)C)CC23)c2c(c1N)CCO2.O=CC(=O)O. The number of aryl methyl sites for hydroxylation is 1. The number of aldehydes is 1. The molecule has 1 aromatic rings. The molecule has 1 aromatic carbocycles. The van der Waals surface area contributed by atoms with E-state index in [1.54, 1.807) is 0 Å². The summed E-state index contributed by atoms with van der Waals surface area (Å²) >= 11 is 0. The van der Waals surface area contributed by atoms with Crippen molar-refractivity contribution in [3.05, 3.63) is 22.8 Å². The summed E-state index contributed by atoms with van der Waals surface area (Å²) in [6.45, 7) is 10.3. The predicted octanol–water partition coefficient (Wildman–Crippen LogP) is 1.35. The first-order valence-corrected chi connectivity index (χ1v) is 10.6. The predicted molar refractivity (Wildman–Crippen MR) is 113 cm³/mol. The number of ether oxygens (including phenoxy) is 1. The van der Waals surface area contributed by atoms with Crippen molar-refractivity contribution in [1.29, 1.82) is 0 Å². The van der Waals surface area contributed by atoms with Crippen LogP contribution in [-0.4, -0.2) is 60.5 Å². The molecule has 3 aliphatic rings. The molecule has 0 radical (unpaired) electrons. The molecule has 8 heteroatoms. The Hall–Kier alpha value is -2.61. The lowest BCUT2D eigenvalue weighted by Gasteiger charge is -2.23. The number of hydrogen-bond acceptors (Lipinski definition) is 6. The highest BCUT2D eigenvalue weighted by molar-refractivity contribution is 6.19. The number of carbonyl (C=O) groups excluding carboxylic acids is 2. The topological polar surface area (TPSA) is 122 Å². The molecule has 2 atom stereocenters. The summed E-state index contributed by atoms with van der Waals surface area (Å²) in [7, 11) is 0. The van der Waals surface area contributed by atoms with E-state index in [-0.39, 0.29) is 12.2 Å². The Labute approximate surface area is 176 Å². The van der Waals surface area contributed by atoms with E-state index in [0.717, 1.165) is 48.0 Å². The number of piperidine rings is 1. The number of benzene rings is 1. The molecule has 2 heterocycles. The molecule has 4 rings (SSSR count). The average molecular weight is 418 g/mol. The monoisotopic (exact) mass is 417 g/mol. The molecule has 1 aliphatic carbocycles. The van der Waals surface area contributed by atoms with E-state index in [2.05, 4.69) is 31.0 Å². The fourth-order valence-corrected chi connectivity index (χ4v) is 4.64. The molecule has 30 heavy (non-hydrogen) atoms. The molecule has 1 saturated heterocycles. The van der Waals surface area contributed by atoms with Gasteiger partial charge in [-0.3, -0.25) is 9.59 Å². The Morgan fingerprint density at radius 2 is 2.00 bits per heavy atom. The number of aliphatic carboxylic acids is 1. The summed E-state index contributed by atoms with van der Waals surface area (Å²) in [5.41, 5.74) is 9.75. The Kier molecular flexibility index (Phi) is 6.65. The minimum absolute atomic E-state index is 0.0152. The van der Waals surface area contributed by atoms with Gasteiger partial charge in [0.2, 0.25) is 6.29 Å². The fraction of sp³-hybridized carbons (Fsp3) is 0.591. The van der Waals surface area contributed by atoms with Crippen LogP contribution in [0.5, 0.6) is 5.75 Å². The number of carbonyl (C=O) groups is 3. The lowest BCUT2D eigenvalue weighted by atomic mass is 9.98. The van der Waals surface area contributed by atoms with Crippen LogP contribution < -0.4 is 15.8 Å². The molecular weight excluding hydrogens is 386 g/mol. The summed E-state index contributed by atoms with van der Waals surface area (Å²) < 4.78 is 5.72. The van der Waals surface area contributed by atoms with Gasteiger partial charge in [0.1, 0.15) is 5.75 Å². The minimum Gasteiger partial charge on any atom is -0.492 e. The van der Waals surface area contributed by atoms with E-state index in [1.807, 2.05) is 6.07 Å². The molecular formula is C22H31N3O5. The zero-order valence-corrected chi connectivity index (χ0v) is 17.8. The molecule has 0 bridgehead atoms. The number of nitrogens with two attached hydrogens (primary N) is 1. The Bertz CT molecular complexity index is 827. The van der Waals surface area contributed by atoms with Crippen molar-refractivity contribution < 1.29 is 24.2 Å². The number of anilines is 1. The third-order valence-electron chi connectivity index (χ3n) is 6.46. The van der Waals surface area contributed by atoms with E-state index in [1.165, 1.54) is 13.1 Å². The number of hydrogen-bond donors (Lipinski definition) is 3. The smallest absolute Gasteiger partial charge is 0.368 e. The highest BCUT2D eigenvalue weighted by Crippen LogP contribution is 2.51. The molecule has 2 fully saturated rings. The molecule has 164 valence electrons. The first kappa shape index (κ1) is 22.1. The van der Waals surface area contributed by atoms with Gasteiger partial charge in [0.25, 0.3) is 5.91 Å². The van der Waals surface area contributed by atoms with Crippen molar-refractivity contribution in [3.8, 4) is 5.75 Å². The van der Waals surface area contributed by atoms with Gasteiger partial charge in [-0.25, -0.2) is 4.79 Å². The Morgan fingerprint density at radius 1 is 1.37 bits per heavy atom. The molecule has 4 N–H and O–H groups in total. The van der Waals surface area contributed by atoms with Crippen LogP contribution in [0.1, 0.15) is 42.3 Å². The number of rotatable bonds is 6. The number of likely N-dealkylation sites (tertiary alicyclic amines) is 1. The summed E-state index contributed by atoms with van der Waals surface area (Å²) in [5.74, 6) is 1.44. The fourth-order valence-electron chi connectivity index (χ4n) is 4.64. The molecule has 8 nitrogen and oxygen atoms in total. The molecule has 2 aliphatic heterocycles. The first-order valence-electron chi connectivity index (χ1n) is 10.6. The lowest BCUT2D eigenvalue weighted by Crippen LogP contribution is -2.34. The van der Waals surface area contributed by atoms with Crippen LogP contribution in [0, 0.1) is 17.8 Å². The number of carboxylic acid groups (broad SMARTS) is 1. The average Bonchev–Trinajstić information content (AvgIpc) is 3.11. The van der Waals surface area contributed by atoms with Gasteiger partial charge in [-0.2, -0.15) is 0 Å². The van der Waals surface area contributed by atoms with Gasteiger partial charge in [0.15, 0.2) is 0 Å². The van der Waals surface area contributed by atoms with Crippen LogP contribution in [0.25, 0.3) is 0 Å². The summed E-state index contributed by atoms with van der Waals surface area (Å²) in [5, 5.41) is 10.5. The van der Waals surface area contributed by atoms with Gasteiger partial charge >= 0.3 is 5.97 Å². The van der Waals surface area contributed by atoms with Gasteiger partial charge in [-0.15, -0.1) is 0 Å². The summed E-state index contributed by atoms with van der Waals surface area (Å²) in [6.07, 6.45) is 1.46. The number of nitrogen functional groups attached to an aromatic ring is 1. The lowest BCUT2D eigenvalue weighted by molar-refractivity contribution is -0.143. The first-order chi connectivity index (χ1) is 14.3. The number of carboxylic acids is 1. The van der Waals surface area contributed by atoms with E-state index in [0.29, 0.717) is 29.9 Å². The summed E-state index contributed by atoms with van der Waals surface area (Å²) in [6, 6.07) is 2.55. The van der Waals surface area contributed by atoms with Gasteiger partial charge in [-0.05, 0) is 49.7 Å². The largest absolute Gasteiger partial charge is 0.492 e. The van der Waals surface area contributed by atoms with Crippen LogP contribution in [0.15, 0.2) is 6.07 Å². The second-order valence-corrected chi connectivity index (χ2v) is 8.46.